The van der Waals surface area contributed by atoms with Crippen LogP contribution in [0.15, 0.2) is 51.8 Å². The summed E-state index contributed by atoms with van der Waals surface area (Å²) in [6.07, 6.45) is 0. The quantitative estimate of drug-likeness (QED) is 0.669. The molecule has 0 fully saturated rings. The first-order valence-corrected chi connectivity index (χ1v) is 8.85. The lowest BCUT2D eigenvalue weighted by molar-refractivity contribution is 0.601. The van der Waals surface area contributed by atoms with Gasteiger partial charge < -0.3 is 0 Å². The van der Waals surface area contributed by atoms with Crippen LogP contribution in [-0.2, 0) is 10.0 Å². The summed E-state index contributed by atoms with van der Waals surface area (Å²) in [4.78, 5) is 0.155. The third kappa shape index (κ3) is 3.84. The molecular formula is C12H8BrClINO2S. The normalized spacial score (nSPS) is 11.3. The van der Waals surface area contributed by atoms with Crippen molar-refractivity contribution in [2.75, 3.05) is 4.72 Å². The molecule has 1 N–H and O–H groups in total. The lowest BCUT2D eigenvalue weighted by Gasteiger charge is -2.09. The second-order valence-corrected chi connectivity index (χ2v) is 7.88. The molecule has 0 atom stereocenters. The van der Waals surface area contributed by atoms with Gasteiger partial charge in [0, 0.05) is 13.7 Å². The second-order valence-electron chi connectivity index (χ2n) is 3.69. The highest BCUT2D eigenvalue weighted by atomic mass is 127. The minimum atomic E-state index is -3.61. The van der Waals surface area contributed by atoms with Crippen LogP contribution in [0.5, 0.6) is 0 Å². The Balaban J connectivity index is 2.35. The summed E-state index contributed by atoms with van der Waals surface area (Å²) in [6, 6.07) is 11.6. The summed E-state index contributed by atoms with van der Waals surface area (Å²) in [5.74, 6) is 0. The van der Waals surface area contributed by atoms with E-state index in [1.54, 1.807) is 18.2 Å². The predicted octanol–water partition coefficient (Wildman–Crippen LogP) is 4.51. The van der Waals surface area contributed by atoms with E-state index in [2.05, 4.69) is 43.2 Å². The van der Waals surface area contributed by atoms with Crippen LogP contribution in [0.25, 0.3) is 0 Å². The Labute approximate surface area is 138 Å². The largest absolute Gasteiger partial charge is 0.280 e. The van der Waals surface area contributed by atoms with E-state index < -0.39 is 10.0 Å². The maximum absolute atomic E-state index is 12.2. The van der Waals surface area contributed by atoms with E-state index in [9.17, 15) is 8.42 Å². The smallest absolute Gasteiger partial charge is 0.261 e. The van der Waals surface area contributed by atoms with Crippen LogP contribution in [-0.4, -0.2) is 8.42 Å². The minimum Gasteiger partial charge on any atom is -0.280 e. The molecule has 0 saturated carbocycles. The van der Waals surface area contributed by atoms with Crippen LogP contribution in [0.3, 0.4) is 0 Å². The molecule has 0 aliphatic heterocycles. The molecule has 0 spiro atoms. The van der Waals surface area contributed by atoms with Crippen molar-refractivity contribution < 1.29 is 8.42 Å². The van der Waals surface area contributed by atoms with Gasteiger partial charge in [-0.2, -0.15) is 0 Å². The molecule has 0 heterocycles. The molecule has 0 saturated heterocycles. The van der Waals surface area contributed by atoms with Crippen molar-refractivity contribution >= 4 is 65.8 Å². The molecule has 0 unspecified atom stereocenters. The van der Waals surface area contributed by atoms with Crippen molar-refractivity contribution in [2.24, 2.45) is 0 Å². The van der Waals surface area contributed by atoms with Crippen LogP contribution in [0, 0.1) is 3.57 Å². The number of hydrogen-bond donors (Lipinski definition) is 1. The van der Waals surface area contributed by atoms with Crippen LogP contribution in [0.1, 0.15) is 0 Å². The summed E-state index contributed by atoms with van der Waals surface area (Å²) >= 11 is 11.2. The molecule has 2 aromatic carbocycles. The van der Waals surface area contributed by atoms with Gasteiger partial charge in [0.05, 0.1) is 9.92 Å². The van der Waals surface area contributed by atoms with Gasteiger partial charge in [-0.25, -0.2) is 8.42 Å². The highest BCUT2D eigenvalue weighted by molar-refractivity contribution is 14.1. The molecule has 19 heavy (non-hydrogen) atoms. The number of halogens is 3. The first-order valence-electron chi connectivity index (χ1n) is 5.12. The standard InChI is InChI=1S/C12H8BrClINO2S/c13-11-7-10(4-5-12(11)14)19(17,18)16-9-3-1-2-8(15)6-9/h1-7,16H. The molecule has 2 rings (SSSR count). The number of nitrogens with one attached hydrogen (secondary N) is 1. The Kier molecular flexibility index (Phi) is 4.75. The van der Waals surface area contributed by atoms with Gasteiger partial charge in [-0.1, -0.05) is 17.7 Å². The summed E-state index contributed by atoms with van der Waals surface area (Å²) in [7, 11) is -3.61. The SMILES string of the molecule is O=S(=O)(Nc1cccc(I)c1)c1ccc(Cl)c(Br)c1. The highest BCUT2D eigenvalue weighted by Crippen LogP contribution is 2.26. The van der Waals surface area contributed by atoms with Crippen molar-refractivity contribution in [2.45, 2.75) is 4.90 Å². The minimum absolute atomic E-state index is 0.155. The topological polar surface area (TPSA) is 46.2 Å². The van der Waals surface area contributed by atoms with Crippen molar-refractivity contribution in [1.29, 1.82) is 0 Å². The fraction of sp³-hybridized carbons (Fsp3) is 0. The average molecular weight is 473 g/mol. The van der Waals surface area contributed by atoms with Gasteiger partial charge in [0.1, 0.15) is 0 Å². The molecule has 2 aromatic rings. The zero-order valence-electron chi connectivity index (χ0n) is 9.40. The summed E-state index contributed by atoms with van der Waals surface area (Å²) in [5, 5.41) is 0.466. The van der Waals surface area contributed by atoms with Gasteiger partial charge in [0.25, 0.3) is 10.0 Å². The van der Waals surface area contributed by atoms with E-state index in [1.165, 1.54) is 18.2 Å². The maximum atomic E-state index is 12.2. The van der Waals surface area contributed by atoms with Crippen LogP contribution >= 0.6 is 50.1 Å². The first-order chi connectivity index (χ1) is 8.88. The number of benzene rings is 2. The molecular weight excluding hydrogens is 464 g/mol. The number of hydrogen-bond acceptors (Lipinski definition) is 2. The predicted molar refractivity (Wildman–Crippen MR) is 89.1 cm³/mol. The monoisotopic (exact) mass is 471 g/mol. The Morgan fingerprint density at radius 2 is 1.89 bits per heavy atom. The number of anilines is 1. The average Bonchev–Trinajstić information content (AvgIpc) is 2.32. The molecule has 7 heteroatoms. The molecule has 0 amide bonds. The van der Waals surface area contributed by atoms with E-state index in [1.807, 2.05) is 6.07 Å². The first kappa shape index (κ1) is 15.1. The van der Waals surface area contributed by atoms with Gasteiger partial charge >= 0.3 is 0 Å². The second kappa shape index (κ2) is 5.99. The van der Waals surface area contributed by atoms with Crippen LogP contribution in [0.4, 0.5) is 5.69 Å². The molecule has 3 nitrogen and oxygen atoms in total. The summed E-state index contributed by atoms with van der Waals surface area (Å²) in [6.45, 7) is 0. The van der Waals surface area contributed by atoms with Gasteiger partial charge in [0.15, 0.2) is 0 Å². The van der Waals surface area contributed by atoms with Gasteiger partial charge in [-0.05, 0) is 74.9 Å². The Hall–Kier alpha value is -0.310. The molecule has 0 aromatic heterocycles. The third-order valence-electron chi connectivity index (χ3n) is 2.28. The summed E-state index contributed by atoms with van der Waals surface area (Å²) in [5.41, 5.74) is 0.526. The lowest BCUT2D eigenvalue weighted by atomic mass is 10.3. The molecule has 0 bridgehead atoms. The molecule has 0 aliphatic carbocycles. The van der Waals surface area contributed by atoms with Gasteiger partial charge in [-0.15, -0.1) is 0 Å². The molecule has 0 aliphatic rings. The van der Waals surface area contributed by atoms with Gasteiger partial charge in [0.2, 0.25) is 0 Å². The van der Waals surface area contributed by atoms with E-state index >= 15 is 0 Å². The number of sulfonamides is 1. The van der Waals surface area contributed by atoms with E-state index in [-0.39, 0.29) is 4.90 Å². The lowest BCUT2D eigenvalue weighted by Crippen LogP contribution is -2.13. The van der Waals surface area contributed by atoms with E-state index in [0.29, 0.717) is 15.2 Å². The van der Waals surface area contributed by atoms with Crippen LogP contribution < -0.4 is 4.72 Å². The number of rotatable bonds is 3. The zero-order valence-corrected chi connectivity index (χ0v) is 14.7. The Morgan fingerprint density at radius 1 is 1.16 bits per heavy atom. The van der Waals surface area contributed by atoms with Crippen LogP contribution in [0.2, 0.25) is 5.02 Å². The van der Waals surface area contributed by atoms with Gasteiger partial charge in [-0.3, -0.25) is 4.72 Å². The fourth-order valence-electron chi connectivity index (χ4n) is 1.41. The fourth-order valence-corrected chi connectivity index (χ4v) is 3.68. The van der Waals surface area contributed by atoms with E-state index in [4.69, 9.17) is 11.6 Å². The maximum Gasteiger partial charge on any atom is 0.261 e. The van der Waals surface area contributed by atoms with E-state index in [0.717, 1.165) is 3.57 Å². The van der Waals surface area contributed by atoms with Crippen molar-refractivity contribution in [3.63, 3.8) is 0 Å². The van der Waals surface area contributed by atoms with Crippen molar-refractivity contribution in [1.82, 2.24) is 0 Å². The highest BCUT2D eigenvalue weighted by Gasteiger charge is 2.15. The third-order valence-corrected chi connectivity index (χ3v) is 5.54. The Morgan fingerprint density at radius 3 is 2.53 bits per heavy atom. The Bertz CT molecular complexity index is 721. The summed E-state index contributed by atoms with van der Waals surface area (Å²) < 4.78 is 28.4. The molecule has 0 radical (unpaired) electrons. The van der Waals surface area contributed by atoms with Crippen molar-refractivity contribution in [3.05, 3.63) is 55.5 Å². The zero-order chi connectivity index (χ0) is 14.0. The molecule has 100 valence electrons. The van der Waals surface area contributed by atoms with Crippen molar-refractivity contribution in [3.8, 4) is 0 Å².